The van der Waals surface area contributed by atoms with Crippen molar-refractivity contribution >= 4 is 48.7 Å². The van der Waals surface area contributed by atoms with Gasteiger partial charge < -0.3 is 25.1 Å². The van der Waals surface area contributed by atoms with Crippen molar-refractivity contribution in [2.75, 3.05) is 70.5 Å². The molecule has 2 aliphatic heterocycles. The highest BCUT2D eigenvalue weighted by atomic mass is 79.9. The number of benzene rings is 1. The lowest BCUT2D eigenvalue weighted by molar-refractivity contribution is 0.0941. The molecule has 4 aromatic rings. The fourth-order valence-electron chi connectivity index (χ4n) is 6.34. The monoisotopic (exact) mass is 711 g/mol. The number of anilines is 1. The number of carbonyl (C=O) groups excluding carboxylic acids is 1. The Kier molecular flexibility index (Phi) is 9.53. The first-order chi connectivity index (χ1) is 22.0. The Labute approximate surface area is 278 Å². The van der Waals surface area contributed by atoms with Crippen LogP contribution in [-0.4, -0.2) is 119 Å². The summed E-state index contributed by atoms with van der Waals surface area (Å²) in [5, 5.41) is 6.59. The van der Waals surface area contributed by atoms with Crippen LogP contribution in [-0.2, 0) is 10.0 Å². The van der Waals surface area contributed by atoms with E-state index in [1.807, 2.05) is 24.3 Å². The molecule has 1 atom stereocenters. The van der Waals surface area contributed by atoms with E-state index in [0.717, 1.165) is 65.5 Å². The van der Waals surface area contributed by atoms with Crippen molar-refractivity contribution in [1.82, 2.24) is 38.9 Å². The van der Waals surface area contributed by atoms with Crippen LogP contribution in [0.4, 0.5) is 5.69 Å². The summed E-state index contributed by atoms with van der Waals surface area (Å²) in [6.07, 6.45) is 2.44. The van der Waals surface area contributed by atoms with E-state index >= 15 is 0 Å². The van der Waals surface area contributed by atoms with Gasteiger partial charge in [0.05, 0.1) is 15.9 Å². The maximum absolute atomic E-state index is 12.8. The number of hydrogen-bond acceptors (Lipinski definition) is 8. The fraction of sp³-hybridized carbons (Fsp3) is 0.469. The molecular weight excluding hydrogens is 670 g/mol. The third-order valence-electron chi connectivity index (χ3n) is 9.11. The predicted molar refractivity (Wildman–Crippen MR) is 185 cm³/mol. The number of likely N-dealkylation sites (N-methyl/N-ethyl adjacent to an activating group) is 1. The van der Waals surface area contributed by atoms with Gasteiger partial charge in [0.25, 0.3) is 5.91 Å². The number of H-pyrrole nitrogens is 1. The average Bonchev–Trinajstić information content (AvgIpc) is 3.77. The largest absolute Gasteiger partial charge is 0.378 e. The van der Waals surface area contributed by atoms with Gasteiger partial charge in [0, 0.05) is 92.8 Å². The summed E-state index contributed by atoms with van der Waals surface area (Å²) >= 11 is 3.62. The summed E-state index contributed by atoms with van der Waals surface area (Å²) in [5.74, 6) is 0.729. The summed E-state index contributed by atoms with van der Waals surface area (Å²) in [5.41, 5.74) is 6.71. The molecule has 14 heteroatoms. The van der Waals surface area contributed by atoms with Gasteiger partial charge in [-0.25, -0.2) is 18.4 Å². The Morgan fingerprint density at radius 3 is 2.57 bits per heavy atom. The van der Waals surface area contributed by atoms with Crippen LogP contribution in [0, 0.1) is 13.8 Å². The Balaban J connectivity index is 1.17. The van der Waals surface area contributed by atoms with Crippen LogP contribution >= 0.6 is 15.9 Å². The number of aromatic amines is 1. The highest BCUT2D eigenvalue weighted by Gasteiger charge is 2.31. The van der Waals surface area contributed by atoms with Gasteiger partial charge >= 0.3 is 0 Å². The third-order valence-corrected chi connectivity index (χ3v) is 11.6. The minimum atomic E-state index is -3.23. The van der Waals surface area contributed by atoms with E-state index in [-0.39, 0.29) is 17.7 Å². The zero-order valence-corrected chi connectivity index (χ0v) is 29.2. The van der Waals surface area contributed by atoms with Crippen molar-refractivity contribution < 1.29 is 13.2 Å². The molecule has 0 unspecified atom stereocenters. The Morgan fingerprint density at radius 2 is 1.85 bits per heavy atom. The zero-order valence-electron chi connectivity index (χ0n) is 26.8. The number of rotatable bonds is 10. The molecule has 0 aliphatic carbocycles. The summed E-state index contributed by atoms with van der Waals surface area (Å²) in [7, 11) is -1.09. The van der Waals surface area contributed by atoms with Crippen LogP contribution < -0.4 is 10.6 Å². The minimum absolute atomic E-state index is 0.0320. The highest BCUT2D eigenvalue weighted by Crippen LogP contribution is 2.34. The first-order valence-electron chi connectivity index (χ1n) is 15.8. The zero-order chi connectivity index (χ0) is 32.6. The van der Waals surface area contributed by atoms with Gasteiger partial charge in [0.2, 0.25) is 10.0 Å². The van der Waals surface area contributed by atoms with E-state index < -0.39 is 10.0 Å². The summed E-state index contributed by atoms with van der Waals surface area (Å²) in [4.78, 5) is 30.5. The number of aromatic nitrogens is 4. The second-order valence-electron chi connectivity index (χ2n) is 12.2. The highest BCUT2D eigenvalue weighted by molar-refractivity contribution is 9.10. The second-order valence-corrected chi connectivity index (χ2v) is 15.3. The number of sulfonamides is 1. The molecule has 1 amide bonds. The maximum atomic E-state index is 12.8. The van der Waals surface area contributed by atoms with E-state index in [1.54, 1.807) is 17.4 Å². The number of amides is 1. The van der Waals surface area contributed by atoms with Crippen molar-refractivity contribution in [1.29, 1.82) is 0 Å². The topological polar surface area (TPSA) is 131 Å². The Hall–Kier alpha value is -3.30. The van der Waals surface area contributed by atoms with Crippen molar-refractivity contribution in [3.63, 3.8) is 0 Å². The summed E-state index contributed by atoms with van der Waals surface area (Å²) in [6, 6.07) is 9.75. The Bertz CT molecular complexity index is 1830. The molecule has 2 saturated heterocycles. The van der Waals surface area contributed by atoms with Crippen LogP contribution in [0.5, 0.6) is 0 Å². The van der Waals surface area contributed by atoms with E-state index in [1.165, 1.54) is 0 Å². The van der Waals surface area contributed by atoms with Gasteiger partial charge in [0.15, 0.2) is 5.65 Å². The number of carbonyl (C=O) groups is 1. The average molecular weight is 713 g/mol. The number of nitrogens with one attached hydrogen (secondary N) is 3. The SMILES string of the molecule is CCS(=O)(=O)N1CC[C@H](Nc2c(Br)cnc3[nH]c(-c4cc(C)n(-c5ccc(C(=O)NCCN6CCN(C)CC6)cc5)c4C)nc23)C1. The van der Waals surface area contributed by atoms with Crippen molar-refractivity contribution in [2.45, 2.75) is 33.2 Å². The summed E-state index contributed by atoms with van der Waals surface area (Å²) < 4.78 is 29.2. The molecule has 0 radical (unpaired) electrons. The molecule has 12 nitrogen and oxygen atoms in total. The number of nitrogens with zero attached hydrogens (tertiary/aromatic N) is 6. The number of aryl methyl sites for hydroxylation is 1. The number of piperazine rings is 1. The van der Waals surface area contributed by atoms with Crippen LogP contribution in [0.3, 0.4) is 0 Å². The smallest absolute Gasteiger partial charge is 0.251 e. The van der Waals surface area contributed by atoms with Crippen molar-refractivity contribution in [3.8, 4) is 17.1 Å². The van der Waals surface area contributed by atoms with Gasteiger partial charge in [-0.1, -0.05) is 0 Å². The summed E-state index contributed by atoms with van der Waals surface area (Å²) in [6.45, 7) is 12.4. The minimum Gasteiger partial charge on any atom is -0.378 e. The first-order valence-corrected chi connectivity index (χ1v) is 18.2. The molecular formula is C32H42BrN9O3S. The van der Waals surface area contributed by atoms with E-state index in [9.17, 15) is 13.2 Å². The standard InChI is InChI=1S/C32H42BrN9O3S/c1-5-46(44,45)41-12-10-24(20-41)36-28-27(33)19-35-31-29(28)37-30(38-31)26-18-21(2)42(22(26)3)25-8-6-23(7-9-25)32(43)34-11-13-40-16-14-39(4)15-17-40/h6-9,18-19,24H,5,10-17,20H2,1-4H3,(H,34,43)(H2,35,36,37,38)/t24-/m0/s1. The third kappa shape index (κ3) is 6.72. The van der Waals surface area contributed by atoms with Crippen LogP contribution in [0.25, 0.3) is 28.2 Å². The molecule has 3 N–H and O–H groups in total. The quantitative estimate of drug-likeness (QED) is 0.228. The van der Waals surface area contributed by atoms with E-state index in [4.69, 9.17) is 4.98 Å². The molecule has 0 saturated carbocycles. The molecule has 0 bridgehead atoms. The lowest BCUT2D eigenvalue weighted by Crippen LogP contribution is -2.46. The molecule has 2 aliphatic rings. The number of fused-ring (bicyclic) bond motifs is 1. The van der Waals surface area contributed by atoms with E-state index in [2.05, 4.69) is 77.9 Å². The first kappa shape index (κ1) is 32.6. The second kappa shape index (κ2) is 13.4. The van der Waals surface area contributed by atoms with Gasteiger partial charge in [0.1, 0.15) is 11.3 Å². The number of halogens is 1. The van der Waals surface area contributed by atoms with Gasteiger partial charge in [-0.15, -0.1) is 0 Å². The molecule has 2 fully saturated rings. The molecule has 1 aromatic carbocycles. The van der Waals surface area contributed by atoms with Gasteiger partial charge in [-0.05, 0) is 80.5 Å². The van der Waals surface area contributed by atoms with Crippen molar-refractivity contribution in [2.24, 2.45) is 0 Å². The van der Waals surface area contributed by atoms with Gasteiger partial charge in [-0.3, -0.25) is 9.69 Å². The number of hydrogen-bond donors (Lipinski definition) is 3. The molecule has 3 aromatic heterocycles. The predicted octanol–water partition coefficient (Wildman–Crippen LogP) is 3.61. The van der Waals surface area contributed by atoms with Crippen LogP contribution in [0.2, 0.25) is 0 Å². The fourth-order valence-corrected chi connectivity index (χ4v) is 7.90. The maximum Gasteiger partial charge on any atom is 0.251 e. The van der Waals surface area contributed by atoms with Crippen molar-refractivity contribution in [3.05, 3.63) is 58.0 Å². The molecule has 5 heterocycles. The molecule has 0 spiro atoms. The number of pyridine rings is 1. The Morgan fingerprint density at radius 1 is 1.11 bits per heavy atom. The van der Waals surface area contributed by atoms with E-state index in [0.29, 0.717) is 48.6 Å². The lowest BCUT2D eigenvalue weighted by atomic mass is 10.2. The normalized spacial score (nSPS) is 18.4. The molecule has 246 valence electrons. The van der Waals surface area contributed by atoms with Crippen LogP contribution in [0.1, 0.15) is 35.1 Å². The van der Waals surface area contributed by atoms with Crippen LogP contribution in [0.15, 0.2) is 41.0 Å². The molecule has 46 heavy (non-hydrogen) atoms. The molecule has 6 rings (SSSR count). The number of imidazole rings is 1. The lowest BCUT2D eigenvalue weighted by Gasteiger charge is -2.32. The van der Waals surface area contributed by atoms with Gasteiger partial charge in [-0.2, -0.15) is 4.31 Å².